The Morgan fingerprint density at radius 2 is 2.40 bits per heavy atom. The van der Waals surface area contributed by atoms with Crippen molar-refractivity contribution in [3.05, 3.63) is 16.9 Å². The van der Waals surface area contributed by atoms with Crippen LogP contribution < -0.4 is 5.32 Å². The van der Waals surface area contributed by atoms with Crippen molar-refractivity contribution in [3.63, 3.8) is 0 Å². The Hall–Kier alpha value is -0.810. The van der Waals surface area contributed by atoms with Crippen molar-refractivity contribution < 1.29 is 4.79 Å². The molecule has 82 valence electrons. The second-order valence-corrected chi connectivity index (χ2v) is 3.99. The zero-order chi connectivity index (χ0) is 11.3. The molecule has 4 nitrogen and oxygen atoms in total. The maximum Gasteiger partial charge on any atom is 0.271 e. The monoisotopic (exact) mass is 245 g/mol. The summed E-state index contributed by atoms with van der Waals surface area (Å²) in [5, 5.41) is 3.54. The summed E-state index contributed by atoms with van der Waals surface area (Å²) in [6.45, 7) is 2.60. The quantitative estimate of drug-likeness (QED) is 0.651. The lowest BCUT2D eigenvalue weighted by Crippen LogP contribution is -2.25. The van der Waals surface area contributed by atoms with Gasteiger partial charge in [-0.2, -0.15) is 0 Å². The molecule has 0 atom stereocenters. The van der Waals surface area contributed by atoms with Crippen molar-refractivity contribution in [3.8, 4) is 0 Å². The minimum absolute atomic E-state index is 0.240. The van der Waals surface area contributed by atoms with Gasteiger partial charge < -0.3 is 5.32 Å². The number of aromatic nitrogens is 2. The average Bonchev–Trinajstić information content (AvgIpc) is 2.26. The number of rotatable bonds is 4. The number of carbonyl (C=O) groups excluding carboxylic acids is 1. The van der Waals surface area contributed by atoms with Gasteiger partial charge in [0.1, 0.15) is 0 Å². The number of thioether (sulfide) groups is 1. The Labute approximate surface area is 97.8 Å². The number of hydrogen-bond acceptors (Lipinski definition) is 4. The van der Waals surface area contributed by atoms with E-state index in [4.69, 9.17) is 11.6 Å². The highest BCUT2D eigenvalue weighted by molar-refractivity contribution is 7.98. The summed E-state index contributed by atoms with van der Waals surface area (Å²) in [6, 6.07) is 0. The molecule has 0 aromatic carbocycles. The molecule has 15 heavy (non-hydrogen) atoms. The fourth-order valence-electron chi connectivity index (χ4n) is 0.931. The lowest BCUT2D eigenvalue weighted by molar-refractivity contribution is 0.0948. The molecular weight excluding hydrogens is 234 g/mol. The van der Waals surface area contributed by atoms with Crippen molar-refractivity contribution in [2.45, 2.75) is 18.5 Å². The van der Waals surface area contributed by atoms with Gasteiger partial charge in [0, 0.05) is 6.54 Å². The second kappa shape index (κ2) is 5.92. The van der Waals surface area contributed by atoms with Crippen LogP contribution >= 0.6 is 23.4 Å². The average molecular weight is 246 g/mol. The summed E-state index contributed by atoms with van der Waals surface area (Å²) < 4.78 is 0. The zero-order valence-electron chi connectivity index (χ0n) is 8.58. The molecule has 0 radical (unpaired) electrons. The molecule has 0 saturated carbocycles. The highest BCUT2D eigenvalue weighted by Gasteiger charge is 2.12. The van der Waals surface area contributed by atoms with Gasteiger partial charge >= 0.3 is 0 Å². The Bertz CT molecular complexity index is 359. The van der Waals surface area contributed by atoms with E-state index in [0.29, 0.717) is 11.7 Å². The predicted molar refractivity (Wildman–Crippen MR) is 61.4 cm³/mol. The van der Waals surface area contributed by atoms with Crippen LogP contribution in [0.2, 0.25) is 5.02 Å². The fraction of sp³-hybridized carbons (Fsp3) is 0.444. The van der Waals surface area contributed by atoms with Crippen LogP contribution in [0.5, 0.6) is 0 Å². The molecular formula is C9H12ClN3OS. The number of hydrogen-bond donors (Lipinski definition) is 1. The molecule has 6 heteroatoms. The molecule has 0 aliphatic rings. The smallest absolute Gasteiger partial charge is 0.271 e. The lowest BCUT2D eigenvalue weighted by atomic mass is 10.3. The first-order valence-corrected chi connectivity index (χ1v) is 6.14. The van der Waals surface area contributed by atoms with Crippen molar-refractivity contribution in [1.29, 1.82) is 0 Å². The molecule has 0 fully saturated rings. The first kappa shape index (κ1) is 12.3. The van der Waals surface area contributed by atoms with Gasteiger partial charge in [0.15, 0.2) is 10.9 Å². The zero-order valence-corrected chi connectivity index (χ0v) is 10.2. The summed E-state index contributed by atoms with van der Waals surface area (Å²) in [6.07, 6.45) is 4.17. The highest BCUT2D eigenvalue weighted by Crippen LogP contribution is 2.16. The molecule has 0 saturated heterocycles. The van der Waals surface area contributed by atoms with Gasteiger partial charge in [-0.3, -0.25) is 4.79 Å². The third-order valence-electron chi connectivity index (χ3n) is 1.66. The Morgan fingerprint density at radius 3 is 3.00 bits per heavy atom. The van der Waals surface area contributed by atoms with Gasteiger partial charge in [0.05, 0.1) is 11.2 Å². The van der Waals surface area contributed by atoms with Crippen LogP contribution in [0.15, 0.2) is 11.4 Å². The van der Waals surface area contributed by atoms with E-state index in [0.717, 1.165) is 6.42 Å². The van der Waals surface area contributed by atoms with Crippen LogP contribution in [0.3, 0.4) is 0 Å². The molecule has 0 spiro atoms. The normalized spacial score (nSPS) is 10.1. The molecule has 1 aromatic heterocycles. The Morgan fingerprint density at radius 1 is 1.67 bits per heavy atom. The summed E-state index contributed by atoms with van der Waals surface area (Å²) in [4.78, 5) is 19.6. The molecule has 1 aromatic rings. The van der Waals surface area contributed by atoms with E-state index in [2.05, 4.69) is 15.3 Å². The fourth-order valence-corrected chi connectivity index (χ4v) is 1.45. The van der Waals surface area contributed by atoms with Gasteiger partial charge in [0.2, 0.25) is 0 Å². The molecule has 1 amide bonds. The minimum atomic E-state index is -0.250. The number of amides is 1. The molecule has 0 bridgehead atoms. The van der Waals surface area contributed by atoms with Crippen LogP contribution in [0.25, 0.3) is 0 Å². The summed E-state index contributed by atoms with van der Waals surface area (Å²) in [5.41, 5.74) is 0.240. The van der Waals surface area contributed by atoms with Crippen molar-refractivity contribution in [2.24, 2.45) is 0 Å². The summed E-state index contributed by atoms with van der Waals surface area (Å²) in [5.74, 6) is -0.250. The standard InChI is InChI=1S/C9H12ClN3OS/c1-3-4-11-8(14)7-6(10)5-12-9(13-7)15-2/h5H,3-4H2,1-2H3,(H,11,14). The summed E-state index contributed by atoms with van der Waals surface area (Å²) in [7, 11) is 0. The van der Waals surface area contributed by atoms with Crippen LogP contribution in [0.4, 0.5) is 0 Å². The molecule has 1 N–H and O–H groups in total. The highest BCUT2D eigenvalue weighted by atomic mass is 35.5. The molecule has 0 aliphatic heterocycles. The first-order chi connectivity index (χ1) is 7.19. The number of carbonyl (C=O) groups is 1. The van der Waals surface area contributed by atoms with Crippen LogP contribution in [0.1, 0.15) is 23.8 Å². The van der Waals surface area contributed by atoms with Crippen LogP contribution in [-0.2, 0) is 0 Å². The van der Waals surface area contributed by atoms with Gasteiger partial charge in [-0.1, -0.05) is 30.3 Å². The third kappa shape index (κ3) is 3.35. The van der Waals surface area contributed by atoms with E-state index in [-0.39, 0.29) is 16.6 Å². The van der Waals surface area contributed by atoms with E-state index in [9.17, 15) is 4.79 Å². The molecule has 1 rings (SSSR count). The number of nitrogens with zero attached hydrogens (tertiary/aromatic N) is 2. The van der Waals surface area contributed by atoms with E-state index in [1.165, 1.54) is 18.0 Å². The number of halogens is 1. The summed E-state index contributed by atoms with van der Waals surface area (Å²) >= 11 is 7.20. The minimum Gasteiger partial charge on any atom is -0.351 e. The molecule has 1 heterocycles. The van der Waals surface area contributed by atoms with E-state index in [1.54, 1.807) is 0 Å². The second-order valence-electron chi connectivity index (χ2n) is 2.81. The predicted octanol–water partition coefficient (Wildman–Crippen LogP) is 1.99. The van der Waals surface area contributed by atoms with Gasteiger partial charge in [-0.25, -0.2) is 9.97 Å². The lowest BCUT2D eigenvalue weighted by Gasteiger charge is -2.05. The van der Waals surface area contributed by atoms with E-state index < -0.39 is 0 Å². The third-order valence-corrected chi connectivity index (χ3v) is 2.49. The van der Waals surface area contributed by atoms with Crippen molar-refractivity contribution in [2.75, 3.05) is 12.8 Å². The maximum absolute atomic E-state index is 11.6. The van der Waals surface area contributed by atoms with E-state index in [1.807, 2.05) is 13.2 Å². The van der Waals surface area contributed by atoms with E-state index >= 15 is 0 Å². The van der Waals surface area contributed by atoms with Crippen LogP contribution in [-0.4, -0.2) is 28.7 Å². The Balaban J connectivity index is 2.86. The molecule has 0 aliphatic carbocycles. The molecule has 0 unspecified atom stereocenters. The van der Waals surface area contributed by atoms with Crippen LogP contribution in [0, 0.1) is 0 Å². The Kier molecular flexibility index (Phi) is 4.84. The van der Waals surface area contributed by atoms with Gasteiger partial charge in [-0.15, -0.1) is 0 Å². The topological polar surface area (TPSA) is 54.9 Å². The first-order valence-electron chi connectivity index (χ1n) is 4.53. The van der Waals surface area contributed by atoms with Gasteiger partial charge in [-0.05, 0) is 12.7 Å². The van der Waals surface area contributed by atoms with Crippen molar-refractivity contribution in [1.82, 2.24) is 15.3 Å². The SMILES string of the molecule is CCCNC(=O)c1nc(SC)ncc1Cl. The van der Waals surface area contributed by atoms with Crippen molar-refractivity contribution >= 4 is 29.3 Å². The largest absolute Gasteiger partial charge is 0.351 e. The number of nitrogens with one attached hydrogen (secondary N) is 1. The van der Waals surface area contributed by atoms with Gasteiger partial charge in [0.25, 0.3) is 5.91 Å². The maximum atomic E-state index is 11.6.